The standard InChI is InChI=1S/C11H22N2O3S/c1-2-17(15,16)8-7-13-11(14)4-3-10-5-6-12-9-10/h10,12H,2-9H2,1H3,(H,13,14). The van der Waals surface area contributed by atoms with E-state index in [-0.39, 0.29) is 24.0 Å². The molecule has 0 aromatic rings. The van der Waals surface area contributed by atoms with Crippen LogP contribution in [0.4, 0.5) is 0 Å². The molecular formula is C11H22N2O3S. The van der Waals surface area contributed by atoms with Gasteiger partial charge in [-0.2, -0.15) is 0 Å². The van der Waals surface area contributed by atoms with E-state index in [9.17, 15) is 13.2 Å². The van der Waals surface area contributed by atoms with Crippen LogP contribution in [0.5, 0.6) is 0 Å². The van der Waals surface area contributed by atoms with Crippen LogP contribution >= 0.6 is 0 Å². The Morgan fingerprint density at radius 2 is 2.24 bits per heavy atom. The zero-order chi connectivity index (χ0) is 12.7. The van der Waals surface area contributed by atoms with Gasteiger partial charge in [0.1, 0.15) is 0 Å². The summed E-state index contributed by atoms with van der Waals surface area (Å²) in [6.07, 6.45) is 2.52. The Morgan fingerprint density at radius 1 is 1.47 bits per heavy atom. The molecule has 0 radical (unpaired) electrons. The predicted molar refractivity (Wildman–Crippen MR) is 67.5 cm³/mol. The Hall–Kier alpha value is -0.620. The highest BCUT2D eigenvalue weighted by Crippen LogP contribution is 2.13. The average Bonchev–Trinajstić information content (AvgIpc) is 2.79. The van der Waals surface area contributed by atoms with Gasteiger partial charge in [-0.15, -0.1) is 0 Å². The third-order valence-electron chi connectivity index (χ3n) is 3.12. The molecule has 2 N–H and O–H groups in total. The first-order chi connectivity index (χ1) is 8.03. The smallest absolute Gasteiger partial charge is 0.220 e. The lowest BCUT2D eigenvalue weighted by molar-refractivity contribution is -0.121. The minimum atomic E-state index is -2.97. The van der Waals surface area contributed by atoms with Crippen LogP contribution in [-0.2, 0) is 14.6 Å². The van der Waals surface area contributed by atoms with Gasteiger partial charge in [-0.1, -0.05) is 6.92 Å². The summed E-state index contributed by atoms with van der Waals surface area (Å²) in [5, 5.41) is 5.91. The molecule has 1 fully saturated rings. The van der Waals surface area contributed by atoms with Crippen molar-refractivity contribution in [3.63, 3.8) is 0 Å². The van der Waals surface area contributed by atoms with Crippen molar-refractivity contribution >= 4 is 15.7 Å². The van der Waals surface area contributed by atoms with Crippen molar-refractivity contribution in [2.45, 2.75) is 26.2 Å². The fraction of sp³-hybridized carbons (Fsp3) is 0.909. The second-order valence-electron chi connectivity index (χ2n) is 4.48. The van der Waals surface area contributed by atoms with Gasteiger partial charge >= 0.3 is 0 Å². The molecule has 1 unspecified atom stereocenters. The Kier molecular flexibility index (Phi) is 5.91. The van der Waals surface area contributed by atoms with Crippen LogP contribution in [-0.4, -0.2) is 45.5 Å². The first-order valence-electron chi connectivity index (χ1n) is 6.21. The summed E-state index contributed by atoms with van der Waals surface area (Å²) in [7, 11) is -2.97. The molecule has 5 nitrogen and oxygen atoms in total. The van der Waals surface area contributed by atoms with Crippen molar-refractivity contribution in [2.24, 2.45) is 5.92 Å². The SMILES string of the molecule is CCS(=O)(=O)CCNC(=O)CCC1CCNC1. The lowest BCUT2D eigenvalue weighted by Gasteiger charge is -2.08. The molecule has 0 aromatic heterocycles. The van der Waals surface area contributed by atoms with Crippen LogP contribution in [0.3, 0.4) is 0 Å². The van der Waals surface area contributed by atoms with E-state index in [0.29, 0.717) is 12.3 Å². The summed E-state index contributed by atoms with van der Waals surface area (Å²) in [6.45, 7) is 3.89. The highest BCUT2D eigenvalue weighted by atomic mass is 32.2. The third-order valence-corrected chi connectivity index (χ3v) is 4.82. The number of sulfone groups is 1. The van der Waals surface area contributed by atoms with Crippen molar-refractivity contribution in [1.29, 1.82) is 0 Å². The maximum atomic E-state index is 11.4. The number of rotatable bonds is 7. The molecule has 1 atom stereocenters. The summed E-state index contributed by atoms with van der Waals surface area (Å²) in [5.74, 6) is 0.736. The van der Waals surface area contributed by atoms with Crippen LogP contribution in [0, 0.1) is 5.92 Å². The fourth-order valence-electron chi connectivity index (χ4n) is 1.87. The van der Waals surface area contributed by atoms with E-state index in [0.717, 1.165) is 25.9 Å². The van der Waals surface area contributed by atoms with Crippen molar-refractivity contribution < 1.29 is 13.2 Å². The van der Waals surface area contributed by atoms with Gasteiger partial charge in [-0.3, -0.25) is 4.79 Å². The van der Waals surface area contributed by atoms with Gasteiger partial charge in [-0.05, 0) is 31.8 Å². The Balaban J connectivity index is 2.08. The monoisotopic (exact) mass is 262 g/mol. The summed E-state index contributed by atoms with van der Waals surface area (Å²) in [4.78, 5) is 11.4. The third kappa shape index (κ3) is 6.02. The van der Waals surface area contributed by atoms with Gasteiger partial charge in [0, 0.05) is 18.7 Å². The van der Waals surface area contributed by atoms with Crippen LogP contribution < -0.4 is 10.6 Å². The highest BCUT2D eigenvalue weighted by Gasteiger charge is 2.15. The molecule has 1 heterocycles. The number of hydrogen-bond acceptors (Lipinski definition) is 4. The minimum absolute atomic E-state index is 0.0387. The molecule has 0 aromatic carbocycles. The Bertz CT molecular complexity index is 335. The molecule has 100 valence electrons. The summed E-state index contributed by atoms with van der Waals surface area (Å²) >= 11 is 0. The lowest BCUT2D eigenvalue weighted by Crippen LogP contribution is -2.29. The molecule has 1 aliphatic heterocycles. The number of nitrogens with one attached hydrogen (secondary N) is 2. The van der Waals surface area contributed by atoms with Crippen molar-refractivity contribution in [2.75, 3.05) is 31.1 Å². The van der Waals surface area contributed by atoms with Crippen LogP contribution in [0.25, 0.3) is 0 Å². The van der Waals surface area contributed by atoms with E-state index >= 15 is 0 Å². The molecule has 0 spiro atoms. The first kappa shape index (κ1) is 14.4. The van der Waals surface area contributed by atoms with Gasteiger partial charge < -0.3 is 10.6 Å². The maximum absolute atomic E-state index is 11.4. The number of hydrogen-bond donors (Lipinski definition) is 2. The zero-order valence-electron chi connectivity index (χ0n) is 10.4. The van der Waals surface area contributed by atoms with Gasteiger partial charge in [0.15, 0.2) is 9.84 Å². The number of carbonyl (C=O) groups is 1. The second-order valence-corrected chi connectivity index (χ2v) is 6.96. The lowest BCUT2D eigenvalue weighted by atomic mass is 10.0. The molecule has 6 heteroatoms. The van der Waals surface area contributed by atoms with Crippen LogP contribution in [0.15, 0.2) is 0 Å². The van der Waals surface area contributed by atoms with Crippen molar-refractivity contribution in [1.82, 2.24) is 10.6 Å². The predicted octanol–water partition coefficient (Wildman–Crippen LogP) is -0.0730. The molecule has 0 bridgehead atoms. The fourth-order valence-corrected chi connectivity index (χ4v) is 2.58. The van der Waals surface area contributed by atoms with Gasteiger partial charge in [0.2, 0.25) is 5.91 Å². The molecule has 0 saturated carbocycles. The topological polar surface area (TPSA) is 75.3 Å². The molecule has 1 amide bonds. The van der Waals surface area contributed by atoms with Crippen LogP contribution in [0.2, 0.25) is 0 Å². The Labute approximate surface area is 103 Å². The maximum Gasteiger partial charge on any atom is 0.220 e. The van der Waals surface area contributed by atoms with E-state index < -0.39 is 9.84 Å². The number of amides is 1. The van der Waals surface area contributed by atoms with Gasteiger partial charge in [0.05, 0.1) is 5.75 Å². The van der Waals surface area contributed by atoms with Gasteiger partial charge in [0.25, 0.3) is 0 Å². The molecule has 0 aliphatic carbocycles. The van der Waals surface area contributed by atoms with Crippen LogP contribution in [0.1, 0.15) is 26.2 Å². The second kappa shape index (κ2) is 6.96. The highest BCUT2D eigenvalue weighted by molar-refractivity contribution is 7.91. The first-order valence-corrected chi connectivity index (χ1v) is 8.03. The Morgan fingerprint density at radius 3 is 2.82 bits per heavy atom. The summed E-state index contributed by atoms with van der Waals surface area (Å²) < 4.78 is 22.4. The normalized spacial score (nSPS) is 20.4. The molecule has 1 aliphatic rings. The zero-order valence-corrected chi connectivity index (χ0v) is 11.2. The van der Waals surface area contributed by atoms with E-state index in [1.165, 1.54) is 0 Å². The minimum Gasteiger partial charge on any atom is -0.355 e. The number of carbonyl (C=O) groups excluding carboxylic acids is 1. The quantitative estimate of drug-likeness (QED) is 0.673. The van der Waals surface area contributed by atoms with E-state index in [4.69, 9.17) is 0 Å². The molecule has 1 saturated heterocycles. The van der Waals surface area contributed by atoms with E-state index in [1.807, 2.05) is 0 Å². The molecule has 1 rings (SSSR count). The van der Waals surface area contributed by atoms with E-state index in [1.54, 1.807) is 6.92 Å². The summed E-state index contributed by atoms with van der Waals surface area (Å²) in [5.41, 5.74) is 0. The van der Waals surface area contributed by atoms with Crippen molar-refractivity contribution in [3.05, 3.63) is 0 Å². The molecular weight excluding hydrogens is 240 g/mol. The van der Waals surface area contributed by atoms with Crippen molar-refractivity contribution in [3.8, 4) is 0 Å². The van der Waals surface area contributed by atoms with E-state index in [2.05, 4.69) is 10.6 Å². The average molecular weight is 262 g/mol. The largest absolute Gasteiger partial charge is 0.355 e. The summed E-state index contributed by atoms with van der Waals surface area (Å²) in [6, 6.07) is 0. The van der Waals surface area contributed by atoms with Gasteiger partial charge in [-0.25, -0.2) is 8.42 Å². The molecule has 17 heavy (non-hydrogen) atoms.